The van der Waals surface area contributed by atoms with Crippen molar-refractivity contribution >= 4 is 6.08 Å². The van der Waals surface area contributed by atoms with Gasteiger partial charge in [0.1, 0.15) is 0 Å². The lowest BCUT2D eigenvalue weighted by atomic mass is 10.4. The van der Waals surface area contributed by atoms with Crippen LogP contribution < -0.4 is 0 Å². The molecule has 0 aromatic heterocycles. The largest absolute Gasteiger partial charge is 0.235 e. The lowest BCUT2D eigenvalue weighted by molar-refractivity contribution is 0.561. The third-order valence-corrected chi connectivity index (χ3v) is 2.25. The minimum absolute atomic E-state index is 0.375. The van der Waals surface area contributed by atoms with E-state index in [1.54, 1.807) is 6.08 Å². The van der Waals surface area contributed by atoms with Crippen LogP contribution in [-0.4, -0.2) is 12.1 Å². The van der Waals surface area contributed by atoms with Crippen molar-refractivity contribution in [3.8, 4) is 0 Å². The van der Waals surface area contributed by atoms with Gasteiger partial charge in [-0.15, -0.1) is 0 Å². The molecule has 0 bridgehead atoms. The summed E-state index contributed by atoms with van der Waals surface area (Å²) in [7, 11) is 0. The molecular formula is C6H7NO. The SMILES string of the molecule is O=C=NC1CC12CC2. The maximum Gasteiger partial charge on any atom is 0.235 e. The molecular weight excluding hydrogens is 102 g/mol. The lowest BCUT2D eigenvalue weighted by Gasteiger charge is -1.74. The van der Waals surface area contributed by atoms with Crippen molar-refractivity contribution in [1.29, 1.82) is 0 Å². The molecule has 0 aromatic carbocycles. The summed E-state index contributed by atoms with van der Waals surface area (Å²) in [5, 5.41) is 0. The molecule has 0 heterocycles. The highest BCUT2D eigenvalue weighted by molar-refractivity contribution is 5.37. The van der Waals surface area contributed by atoms with E-state index in [0.29, 0.717) is 11.5 Å². The molecule has 1 spiro atoms. The number of rotatable bonds is 1. The van der Waals surface area contributed by atoms with Crippen molar-refractivity contribution in [2.24, 2.45) is 10.4 Å². The average molecular weight is 109 g/mol. The third-order valence-electron chi connectivity index (χ3n) is 2.25. The van der Waals surface area contributed by atoms with Crippen LogP contribution in [0.4, 0.5) is 0 Å². The average Bonchev–Trinajstić information content (AvgIpc) is 2.57. The number of hydrogen-bond donors (Lipinski definition) is 0. The Balaban J connectivity index is 2.06. The summed E-state index contributed by atoms with van der Waals surface area (Å²) in [6.45, 7) is 0. The Hall–Kier alpha value is -0.620. The van der Waals surface area contributed by atoms with Gasteiger partial charge < -0.3 is 0 Å². The van der Waals surface area contributed by atoms with E-state index >= 15 is 0 Å². The molecule has 2 saturated carbocycles. The summed E-state index contributed by atoms with van der Waals surface area (Å²) in [6, 6.07) is 0.375. The van der Waals surface area contributed by atoms with Crippen LogP contribution in [0, 0.1) is 5.41 Å². The molecule has 2 rings (SSSR count). The molecule has 0 aliphatic heterocycles. The molecule has 1 atom stereocenters. The molecule has 8 heavy (non-hydrogen) atoms. The predicted octanol–water partition coefficient (Wildman–Crippen LogP) is 0.875. The van der Waals surface area contributed by atoms with Crippen LogP contribution in [0.15, 0.2) is 4.99 Å². The van der Waals surface area contributed by atoms with Gasteiger partial charge in [-0.1, -0.05) is 0 Å². The zero-order valence-electron chi connectivity index (χ0n) is 4.55. The second-order valence-electron chi connectivity index (χ2n) is 2.80. The van der Waals surface area contributed by atoms with Gasteiger partial charge in [-0.05, 0) is 24.7 Å². The topological polar surface area (TPSA) is 29.4 Å². The summed E-state index contributed by atoms with van der Waals surface area (Å²) in [5.41, 5.74) is 0.539. The molecule has 0 saturated heterocycles. The number of aliphatic imine (C=N–C) groups is 1. The Morgan fingerprint density at radius 3 is 2.75 bits per heavy atom. The maximum atomic E-state index is 9.68. The van der Waals surface area contributed by atoms with Crippen molar-refractivity contribution in [2.75, 3.05) is 0 Å². The van der Waals surface area contributed by atoms with Gasteiger partial charge in [-0.3, -0.25) is 0 Å². The van der Waals surface area contributed by atoms with Gasteiger partial charge in [-0.2, -0.15) is 0 Å². The molecule has 2 nitrogen and oxygen atoms in total. The molecule has 2 aliphatic rings. The standard InChI is InChI=1S/C6H7NO/c8-4-7-5-3-6(5)1-2-6/h5H,1-3H2. The summed E-state index contributed by atoms with van der Waals surface area (Å²) in [6.07, 6.45) is 5.34. The molecule has 1 unspecified atom stereocenters. The van der Waals surface area contributed by atoms with Crippen molar-refractivity contribution in [2.45, 2.75) is 25.3 Å². The van der Waals surface area contributed by atoms with Gasteiger partial charge >= 0.3 is 0 Å². The summed E-state index contributed by atoms with van der Waals surface area (Å²) < 4.78 is 0. The molecule has 0 radical (unpaired) electrons. The van der Waals surface area contributed by atoms with Gasteiger partial charge in [0.2, 0.25) is 6.08 Å². The first-order chi connectivity index (χ1) is 3.87. The quantitative estimate of drug-likeness (QED) is 0.363. The molecule has 0 aromatic rings. The minimum Gasteiger partial charge on any atom is -0.211 e. The van der Waals surface area contributed by atoms with Crippen molar-refractivity contribution in [3.05, 3.63) is 0 Å². The fraction of sp³-hybridized carbons (Fsp3) is 0.833. The Morgan fingerprint density at radius 2 is 2.38 bits per heavy atom. The molecule has 42 valence electrons. The van der Waals surface area contributed by atoms with E-state index in [9.17, 15) is 4.79 Å². The zero-order valence-corrected chi connectivity index (χ0v) is 4.55. The van der Waals surface area contributed by atoms with E-state index < -0.39 is 0 Å². The number of isocyanates is 1. The minimum atomic E-state index is 0.375. The molecule has 2 aliphatic carbocycles. The van der Waals surface area contributed by atoms with Crippen LogP contribution in [0.25, 0.3) is 0 Å². The van der Waals surface area contributed by atoms with E-state index in [4.69, 9.17) is 0 Å². The van der Waals surface area contributed by atoms with Gasteiger partial charge in [0.05, 0.1) is 6.04 Å². The lowest BCUT2D eigenvalue weighted by Crippen LogP contribution is -1.78. The Labute approximate surface area is 47.6 Å². The second kappa shape index (κ2) is 1.03. The molecule has 0 amide bonds. The van der Waals surface area contributed by atoms with Crippen LogP contribution in [0.3, 0.4) is 0 Å². The van der Waals surface area contributed by atoms with E-state index in [1.807, 2.05) is 0 Å². The Bertz CT molecular complexity index is 165. The number of carbonyl (C=O) groups excluding carboxylic acids is 1. The Kier molecular flexibility index (Phi) is 0.552. The van der Waals surface area contributed by atoms with Gasteiger partial charge in [0.25, 0.3) is 0 Å². The van der Waals surface area contributed by atoms with Crippen molar-refractivity contribution in [3.63, 3.8) is 0 Å². The van der Waals surface area contributed by atoms with Crippen LogP contribution in [0.1, 0.15) is 19.3 Å². The molecule has 0 N–H and O–H groups in total. The predicted molar refractivity (Wildman–Crippen MR) is 28.2 cm³/mol. The highest BCUT2D eigenvalue weighted by Gasteiger charge is 2.63. The molecule has 2 fully saturated rings. The van der Waals surface area contributed by atoms with E-state index in [-0.39, 0.29) is 0 Å². The first-order valence-corrected chi connectivity index (χ1v) is 2.94. The summed E-state index contributed by atoms with van der Waals surface area (Å²) in [5.74, 6) is 0. The van der Waals surface area contributed by atoms with Crippen LogP contribution >= 0.6 is 0 Å². The van der Waals surface area contributed by atoms with E-state index in [1.165, 1.54) is 12.8 Å². The number of hydrogen-bond acceptors (Lipinski definition) is 2. The van der Waals surface area contributed by atoms with Crippen LogP contribution in [0.2, 0.25) is 0 Å². The summed E-state index contributed by atoms with van der Waals surface area (Å²) >= 11 is 0. The van der Waals surface area contributed by atoms with Crippen LogP contribution in [0.5, 0.6) is 0 Å². The fourth-order valence-electron chi connectivity index (χ4n) is 1.27. The smallest absolute Gasteiger partial charge is 0.211 e. The summed E-state index contributed by atoms with van der Waals surface area (Å²) in [4.78, 5) is 13.3. The highest BCUT2D eigenvalue weighted by Crippen LogP contribution is 2.67. The normalized spacial score (nSPS) is 36.2. The van der Waals surface area contributed by atoms with Crippen molar-refractivity contribution in [1.82, 2.24) is 0 Å². The first-order valence-electron chi connectivity index (χ1n) is 2.94. The van der Waals surface area contributed by atoms with Gasteiger partial charge in [0, 0.05) is 0 Å². The highest BCUT2D eigenvalue weighted by atomic mass is 16.1. The number of nitrogens with zero attached hydrogens (tertiary/aromatic N) is 1. The second-order valence-corrected chi connectivity index (χ2v) is 2.80. The van der Waals surface area contributed by atoms with Crippen molar-refractivity contribution < 1.29 is 4.79 Å². The fourth-order valence-corrected chi connectivity index (χ4v) is 1.27. The van der Waals surface area contributed by atoms with E-state index in [2.05, 4.69) is 4.99 Å². The van der Waals surface area contributed by atoms with Gasteiger partial charge in [-0.25, -0.2) is 9.79 Å². The van der Waals surface area contributed by atoms with Gasteiger partial charge in [0.15, 0.2) is 0 Å². The Morgan fingerprint density at radius 1 is 1.62 bits per heavy atom. The molecule has 2 heteroatoms. The maximum absolute atomic E-state index is 9.68. The monoisotopic (exact) mass is 109 g/mol. The third kappa shape index (κ3) is 0.385. The zero-order chi connectivity index (χ0) is 5.61. The van der Waals surface area contributed by atoms with E-state index in [0.717, 1.165) is 6.42 Å². The van der Waals surface area contributed by atoms with Crippen LogP contribution in [-0.2, 0) is 4.79 Å². The first kappa shape index (κ1) is 4.28.